The average molecular weight is 392 g/mol. The van der Waals surface area contributed by atoms with Crippen LogP contribution in [0.1, 0.15) is 21.9 Å². The SMILES string of the molecule is Cc1ccc(C(Cc2cccs2)C(=O)Nc2cccc3c2OCC(=O)N3)cc1. The predicted molar refractivity (Wildman–Crippen MR) is 111 cm³/mol. The van der Waals surface area contributed by atoms with Gasteiger partial charge in [0.2, 0.25) is 5.91 Å². The fourth-order valence-corrected chi connectivity index (χ4v) is 3.98. The molecule has 1 aliphatic heterocycles. The predicted octanol–water partition coefficient (Wildman–Crippen LogP) is 4.35. The number of carbonyl (C=O) groups is 2. The summed E-state index contributed by atoms with van der Waals surface area (Å²) in [5.74, 6) is -0.139. The summed E-state index contributed by atoms with van der Waals surface area (Å²) < 4.78 is 5.55. The highest BCUT2D eigenvalue weighted by molar-refractivity contribution is 7.09. The van der Waals surface area contributed by atoms with Crippen LogP contribution < -0.4 is 15.4 Å². The van der Waals surface area contributed by atoms with Gasteiger partial charge in [-0.15, -0.1) is 11.3 Å². The topological polar surface area (TPSA) is 67.4 Å². The molecule has 28 heavy (non-hydrogen) atoms. The van der Waals surface area contributed by atoms with Crippen LogP contribution in [-0.2, 0) is 16.0 Å². The lowest BCUT2D eigenvalue weighted by Gasteiger charge is -2.22. The first kappa shape index (κ1) is 18.3. The average Bonchev–Trinajstić information content (AvgIpc) is 3.20. The number of thiophene rings is 1. The highest BCUT2D eigenvalue weighted by Gasteiger charge is 2.25. The Balaban J connectivity index is 1.62. The molecule has 4 rings (SSSR count). The minimum atomic E-state index is -0.326. The summed E-state index contributed by atoms with van der Waals surface area (Å²) in [4.78, 5) is 25.9. The van der Waals surface area contributed by atoms with Crippen LogP contribution in [0.5, 0.6) is 5.75 Å². The van der Waals surface area contributed by atoms with Crippen molar-refractivity contribution in [3.8, 4) is 5.75 Å². The van der Waals surface area contributed by atoms with Crippen LogP contribution in [0.2, 0.25) is 0 Å². The van der Waals surface area contributed by atoms with Gasteiger partial charge in [-0.2, -0.15) is 0 Å². The molecule has 5 nitrogen and oxygen atoms in total. The molecule has 1 aromatic heterocycles. The van der Waals surface area contributed by atoms with E-state index in [1.165, 1.54) is 0 Å². The molecule has 1 atom stereocenters. The van der Waals surface area contributed by atoms with E-state index in [1.807, 2.05) is 48.7 Å². The van der Waals surface area contributed by atoms with Crippen LogP contribution in [0, 0.1) is 6.92 Å². The molecule has 3 aromatic rings. The Kier molecular flexibility index (Phi) is 5.12. The molecule has 0 saturated heterocycles. The first-order valence-electron chi connectivity index (χ1n) is 9.05. The number of hydrogen-bond acceptors (Lipinski definition) is 4. The van der Waals surface area contributed by atoms with Crippen molar-refractivity contribution >= 4 is 34.5 Å². The molecule has 1 aliphatic rings. The van der Waals surface area contributed by atoms with Crippen molar-refractivity contribution in [2.24, 2.45) is 0 Å². The fourth-order valence-electron chi connectivity index (χ4n) is 3.22. The van der Waals surface area contributed by atoms with E-state index < -0.39 is 0 Å². The van der Waals surface area contributed by atoms with Crippen molar-refractivity contribution in [2.45, 2.75) is 19.3 Å². The molecule has 2 amide bonds. The van der Waals surface area contributed by atoms with Gasteiger partial charge in [0.25, 0.3) is 5.91 Å². The maximum atomic E-state index is 13.2. The summed E-state index contributed by atoms with van der Waals surface area (Å²) >= 11 is 1.64. The van der Waals surface area contributed by atoms with Crippen LogP contribution in [0.15, 0.2) is 60.0 Å². The summed E-state index contributed by atoms with van der Waals surface area (Å²) in [5.41, 5.74) is 3.25. The Morgan fingerprint density at radius 3 is 2.75 bits per heavy atom. The molecule has 142 valence electrons. The second-order valence-corrected chi connectivity index (χ2v) is 7.79. The monoisotopic (exact) mass is 392 g/mol. The number of ether oxygens (including phenoxy) is 1. The standard InChI is InChI=1S/C22H20N2O3S/c1-14-7-9-15(10-8-14)17(12-16-4-3-11-28-16)22(26)24-19-6-2-5-18-21(19)27-13-20(25)23-18/h2-11,17H,12-13H2,1H3,(H,23,25)(H,24,26). The maximum Gasteiger partial charge on any atom is 0.262 e. The summed E-state index contributed by atoms with van der Waals surface area (Å²) in [6.07, 6.45) is 0.624. The van der Waals surface area contributed by atoms with Gasteiger partial charge in [-0.3, -0.25) is 9.59 Å². The molecule has 1 unspecified atom stereocenters. The van der Waals surface area contributed by atoms with Gasteiger partial charge in [0.05, 0.1) is 17.3 Å². The Hall–Kier alpha value is -3.12. The summed E-state index contributed by atoms with van der Waals surface area (Å²) in [5, 5.41) is 7.78. The van der Waals surface area contributed by atoms with E-state index in [2.05, 4.69) is 10.6 Å². The lowest BCUT2D eigenvalue weighted by molar-refractivity contribution is -0.118. The maximum absolute atomic E-state index is 13.2. The van der Waals surface area contributed by atoms with Crippen LogP contribution in [0.3, 0.4) is 0 Å². The normalized spacial score (nSPS) is 13.8. The van der Waals surface area contributed by atoms with E-state index in [1.54, 1.807) is 29.5 Å². The smallest absolute Gasteiger partial charge is 0.262 e. The number of hydrogen-bond donors (Lipinski definition) is 2. The van der Waals surface area contributed by atoms with Gasteiger partial charge in [-0.25, -0.2) is 0 Å². The van der Waals surface area contributed by atoms with Crippen molar-refractivity contribution in [1.29, 1.82) is 0 Å². The number of fused-ring (bicyclic) bond motifs is 1. The third-order valence-corrected chi connectivity index (χ3v) is 5.57. The molecule has 0 spiro atoms. The van der Waals surface area contributed by atoms with E-state index in [0.29, 0.717) is 23.5 Å². The summed E-state index contributed by atoms with van der Waals surface area (Å²) in [6, 6.07) is 17.4. The van der Waals surface area contributed by atoms with Crippen molar-refractivity contribution in [1.82, 2.24) is 0 Å². The van der Waals surface area contributed by atoms with Gasteiger partial charge < -0.3 is 15.4 Å². The minimum Gasteiger partial charge on any atom is -0.479 e. The molecule has 0 radical (unpaired) electrons. The number of rotatable bonds is 5. The fraction of sp³-hybridized carbons (Fsp3) is 0.182. The van der Waals surface area contributed by atoms with E-state index in [9.17, 15) is 9.59 Å². The zero-order chi connectivity index (χ0) is 19.5. The van der Waals surface area contributed by atoms with Crippen LogP contribution in [0.25, 0.3) is 0 Å². The molecule has 0 fully saturated rings. The van der Waals surface area contributed by atoms with Gasteiger partial charge in [-0.1, -0.05) is 42.0 Å². The van der Waals surface area contributed by atoms with E-state index in [-0.39, 0.29) is 24.3 Å². The first-order valence-corrected chi connectivity index (χ1v) is 9.93. The highest BCUT2D eigenvalue weighted by atomic mass is 32.1. The first-order chi connectivity index (χ1) is 13.6. The lowest BCUT2D eigenvalue weighted by atomic mass is 9.93. The third kappa shape index (κ3) is 3.92. The molecule has 2 N–H and O–H groups in total. The van der Waals surface area contributed by atoms with Gasteiger partial charge in [0, 0.05) is 4.88 Å². The van der Waals surface area contributed by atoms with Crippen molar-refractivity contribution in [3.63, 3.8) is 0 Å². The lowest BCUT2D eigenvalue weighted by Crippen LogP contribution is -2.27. The number of amides is 2. The number of para-hydroxylation sites is 1. The van der Waals surface area contributed by atoms with E-state index >= 15 is 0 Å². The van der Waals surface area contributed by atoms with Crippen LogP contribution in [0.4, 0.5) is 11.4 Å². The zero-order valence-corrected chi connectivity index (χ0v) is 16.2. The van der Waals surface area contributed by atoms with Gasteiger partial charge >= 0.3 is 0 Å². The Morgan fingerprint density at radius 2 is 2.00 bits per heavy atom. The van der Waals surface area contributed by atoms with E-state index in [4.69, 9.17) is 4.74 Å². The molecular weight excluding hydrogens is 372 g/mol. The second kappa shape index (κ2) is 7.86. The van der Waals surface area contributed by atoms with Gasteiger partial charge in [0.15, 0.2) is 12.4 Å². The number of benzene rings is 2. The molecule has 6 heteroatoms. The molecule has 2 aromatic carbocycles. The van der Waals surface area contributed by atoms with Crippen LogP contribution in [-0.4, -0.2) is 18.4 Å². The zero-order valence-electron chi connectivity index (χ0n) is 15.4. The molecule has 2 heterocycles. The van der Waals surface area contributed by atoms with Crippen molar-refractivity contribution < 1.29 is 14.3 Å². The second-order valence-electron chi connectivity index (χ2n) is 6.76. The minimum absolute atomic E-state index is 0.0591. The third-order valence-electron chi connectivity index (χ3n) is 4.68. The molecule has 0 bridgehead atoms. The van der Waals surface area contributed by atoms with Crippen LogP contribution >= 0.6 is 11.3 Å². The Bertz CT molecular complexity index is 997. The van der Waals surface area contributed by atoms with Gasteiger partial charge in [0.1, 0.15) is 0 Å². The van der Waals surface area contributed by atoms with Crippen molar-refractivity contribution in [2.75, 3.05) is 17.2 Å². The number of nitrogens with one attached hydrogen (secondary N) is 2. The number of aryl methyl sites for hydroxylation is 1. The summed E-state index contributed by atoms with van der Waals surface area (Å²) in [6.45, 7) is 1.97. The summed E-state index contributed by atoms with van der Waals surface area (Å²) in [7, 11) is 0. The molecule has 0 saturated carbocycles. The largest absolute Gasteiger partial charge is 0.479 e. The number of anilines is 2. The highest BCUT2D eigenvalue weighted by Crippen LogP contribution is 2.36. The molecular formula is C22H20N2O3S. The Labute approximate surface area is 167 Å². The van der Waals surface area contributed by atoms with Crippen molar-refractivity contribution in [3.05, 3.63) is 76.0 Å². The molecule has 0 aliphatic carbocycles. The number of carbonyl (C=O) groups excluding carboxylic acids is 2. The van der Waals surface area contributed by atoms with Gasteiger partial charge in [-0.05, 0) is 42.5 Å². The van der Waals surface area contributed by atoms with E-state index in [0.717, 1.165) is 16.0 Å². The quantitative estimate of drug-likeness (QED) is 0.678. The Morgan fingerprint density at radius 1 is 1.18 bits per heavy atom.